The number of hydrogen-bond donors (Lipinski definition) is 1. The van der Waals surface area contributed by atoms with Crippen molar-refractivity contribution in [3.05, 3.63) is 54.1 Å². The number of likely N-dealkylation sites (N-methyl/N-ethyl adjacent to an activating group) is 1. The van der Waals surface area contributed by atoms with E-state index in [1.807, 2.05) is 60.5 Å². The minimum atomic E-state index is -0.660. The topological polar surface area (TPSA) is 90.8 Å². The van der Waals surface area contributed by atoms with E-state index < -0.39 is 12.0 Å². The predicted molar refractivity (Wildman–Crippen MR) is 103 cm³/mol. The molecule has 1 atom stereocenters. The van der Waals surface area contributed by atoms with Crippen LogP contribution in [-0.2, 0) is 16.0 Å². The summed E-state index contributed by atoms with van der Waals surface area (Å²) in [5, 5.41) is 0. The molecule has 3 rings (SSSR count). The van der Waals surface area contributed by atoms with Crippen LogP contribution in [0.15, 0.2) is 52.9 Å². The number of methoxy groups -OCH3 is 1. The molecule has 0 aliphatic rings. The highest BCUT2D eigenvalue weighted by Gasteiger charge is 2.14. The summed E-state index contributed by atoms with van der Waals surface area (Å²) in [7, 11) is 3.24. The number of carbonyl (C=O) groups excluding carboxylic acids is 1. The van der Waals surface area contributed by atoms with Crippen molar-refractivity contribution in [1.82, 2.24) is 4.98 Å². The molecule has 2 aromatic carbocycles. The van der Waals surface area contributed by atoms with E-state index in [0.717, 1.165) is 22.4 Å². The van der Waals surface area contributed by atoms with Crippen LogP contribution in [0.4, 0.5) is 6.01 Å². The Bertz CT molecular complexity index is 859. The van der Waals surface area contributed by atoms with Crippen molar-refractivity contribution in [2.45, 2.75) is 12.5 Å². The molecule has 7 heteroatoms. The SMILES string of the molecule is COC(=O)C(N)Cc1ccc(OCCN(C)c2nc3ccccc3o2)cc1. The maximum Gasteiger partial charge on any atom is 0.322 e. The number of nitrogens with zero attached hydrogens (tertiary/aromatic N) is 2. The van der Waals surface area contributed by atoms with E-state index in [0.29, 0.717) is 25.6 Å². The van der Waals surface area contributed by atoms with Crippen molar-refractivity contribution in [3.8, 4) is 5.75 Å². The van der Waals surface area contributed by atoms with Crippen LogP contribution in [0.1, 0.15) is 5.56 Å². The normalized spacial score (nSPS) is 12.0. The monoisotopic (exact) mass is 369 g/mol. The molecule has 1 aromatic heterocycles. The predicted octanol–water partition coefficient (Wildman–Crippen LogP) is 2.39. The first-order valence-electron chi connectivity index (χ1n) is 8.68. The standard InChI is InChI=1S/C20H23N3O4/c1-23(20-22-17-5-3-4-6-18(17)27-20)11-12-26-15-9-7-14(8-10-15)13-16(21)19(24)25-2/h3-10,16H,11-13,21H2,1-2H3. The van der Waals surface area contributed by atoms with Crippen molar-refractivity contribution in [1.29, 1.82) is 0 Å². The fourth-order valence-corrected chi connectivity index (χ4v) is 2.63. The number of anilines is 1. The molecule has 142 valence electrons. The van der Waals surface area contributed by atoms with Gasteiger partial charge in [0.25, 0.3) is 6.01 Å². The molecule has 0 saturated heterocycles. The second-order valence-corrected chi connectivity index (χ2v) is 6.21. The average molecular weight is 369 g/mol. The van der Waals surface area contributed by atoms with Gasteiger partial charge in [0.2, 0.25) is 0 Å². The molecule has 27 heavy (non-hydrogen) atoms. The Morgan fingerprint density at radius 2 is 1.96 bits per heavy atom. The van der Waals surface area contributed by atoms with Crippen molar-refractivity contribution in [3.63, 3.8) is 0 Å². The van der Waals surface area contributed by atoms with E-state index in [1.54, 1.807) is 0 Å². The number of oxazole rings is 1. The molecule has 0 radical (unpaired) electrons. The molecular formula is C20H23N3O4. The zero-order valence-corrected chi connectivity index (χ0v) is 15.4. The van der Waals surface area contributed by atoms with Gasteiger partial charge in [0.05, 0.1) is 13.7 Å². The van der Waals surface area contributed by atoms with Gasteiger partial charge >= 0.3 is 5.97 Å². The second-order valence-electron chi connectivity index (χ2n) is 6.21. The maximum absolute atomic E-state index is 11.4. The van der Waals surface area contributed by atoms with Gasteiger partial charge in [0.15, 0.2) is 5.58 Å². The number of fused-ring (bicyclic) bond motifs is 1. The Morgan fingerprint density at radius 1 is 1.22 bits per heavy atom. The molecule has 1 heterocycles. The van der Waals surface area contributed by atoms with Crippen LogP contribution in [0.5, 0.6) is 5.75 Å². The summed E-state index contributed by atoms with van der Waals surface area (Å²) in [6, 6.07) is 15.1. The number of aromatic nitrogens is 1. The number of benzene rings is 2. The van der Waals surface area contributed by atoms with E-state index in [-0.39, 0.29) is 0 Å². The number of rotatable bonds is 8. The van der Waals surface area contributed by atoms with Crippen molar-refractivity contribution >= 4 is 23.1 Å². The largest absolute Gasteiger partial charge is 0.492 e. The van der Waals surface area contributed by atoms with Crippen LogP contribution < -0.4 is 15.4 Å². The lowest BCUT2D eigenvalue weighted by molar-refractivity contribution is -0.142. The number of hydrogen-bond acceptors (Lipinski definition) is 7. The van der Waals surface area contributed by atoms with Crippen LogP contribution in [0.3, 0.4) is 0 Å². The van der Waals surface area contributed by atoms with Gasteiger partial charge in [0, 0.05) is 7.05 Å². The second kappa shape index (κ2) is 8.55. The maximum atomic E-state index is 11.4. The van der Waals surface area contributed by atoms with Gasteiger partial charge < -0.3 is 24.5 Å². The quantitative estimate of drug-likeness (QED) is 0.610. The van der Waals surface area contributed by atoms with Gasteiger partial charge in [-0.1, -0.05) is 24.3 Å². The lowest BCUT2D eigenvalue weighted by Crippen LogP contribution is -2.33. The number of nitrogens with two attached hydrogens (primary N) is 1. The first-order valence-corrected chi connectivity index (χ1v) is 8.68. The van der Waals surface area contributed by atoms with Gasteiger partial charge in [-0.05, 0) is 36.2 Å². The van der Waals surface area contributed by atoms with Gasteiger partial charge in [-0.15, -0.1) is 0 Å². The van der Waals surface area contributed by atoms with E-state index in [4.69, 9.17) is 14.9 Å². The van der Waals surface area contributed by atoms with Crippen LogP contribution in [0.2, 0.25) is 0 Å². The molecule has 7 nitrogen and oxygen atoms in total. The van der Waals surface area contributed by atoms with Crippen LogP contribution in [0.25, 0.3) is 11.1 Å². The highest BCUT2D eigenvalue weighted by molar-refractivity contribution is 5.75. The smallest absolute Gasteiger partial charge is 0.322 e. The van der Waals surface area contributed by atoms with E-state index in [1.165, 1.54) is 7.11 Å². The van der Waals surface area contributed by atoms with Gasteiger partial charge in [-0.3, -0.25) is 4.79 Å². The number of para-hydroxylation sites is 2. The minimum absolute atomic E-state index is 0.419. The summed E-state index contributed by atoms with van der Waals surface area (Å²) in [4.78, 5) is 17.7. The summed E-state index contributed by atoms with van der Waals surface area (Å²) in [5.41, 5.74) is 8.32. The third-order valence-corrected chi connectivity index (χ3v) is 4.19. The number of esters is 1. The molecule has 3 aromatic rings. The highest BCUT2D eigenvalue weighted by atomic mass is 16.5. The summed E-state index contributed by atoms with van der Waals surface area (Å²) in [6.07, 6.45) is 0.424. The Balaban J connectivity index is 1.49. The molecule has 2 N–H and O–H groups in total. The molecule has 0 amide bonds. The van der Waals surface area contributed by atoms with E-state index >= 15 is 0 Å². The summed E-state index contributed by atoms with van der Waals surface area (Å²) in [5.74, 6) is 0.328. The Morgan fingerprint density at radius 3 is 2.67 bits per heavy atom. The molecule has 0 aliphatic heterocycles. The molecule has 0 bridgehead atoms. The summed E-state index contributed by atoms with van der Waals surface area (Å²) in [6.45, 7) is 1.11. The third kappa shape index (κ3) is 4.77. The molecule has 0 aliphatic carbocycles. The third-order valence-electron chi connectivity index (χ3n) is 4.19. The Labute approximate surface area is 157 Å². The van der Waals surface area contributed by atoms with Gasteiger partial charge in [-0.25, -0.2) is 0 Å². The zero-order chi connectivity index (χ0) is 19.2. The molecular weight excluding hydrogens is 346 g/mol. The van der Waals surface area contributed by atoms with Crippen LogP contribution in [-0.4, -0.2) is 44.3 Å². The molecule has 1 unspecified atom stereocenters. The summed E-state index contributed by atoms with van der Waals surface area (Å²) >= 11 is 0. The van der Waals surface area contributed by atoms with Gasteiger partial charge in [-0.2, -0.15) is 4.98 Å². The van der Waals surface area contributed by atoms with Crippen molar-refractivity contribution in [2.75, 3.05) is 32.2 Å². The zero-order valence-electron chi connectivity index (χ0n) is 15.4. The lowest BCUT2D eigenvalue weighted by atomic mass is 10.1. The van der Waals surface area contributed by atoms with Gasteiger partial charge in [0.1, 0.15) is 23.9 Å². The Kier molecular flexibility index (Phi) is 5.93. The van der Waals surface area contributed by atoms with Crippen molar-refractivity contribution < 1.29 is 18.7 Å². The average Bonchev–Trinajstić information content (AvgIpc) is 3.13. The van der Waals surface area contributed by atoms with Crippen LogP contribution >= 0.6 is 0 Å². The number of carbonyl (C=O) groups is 1. The van der Waals surface area contributed by atoms with Crippen LogP contribution in [0, 0.1) is 0 Å². The number of ether oxygens (including phenoxy) is 2. The molecule has 0 spiro atoms. The van der Waals surface area contributed by atoms with E-state index in [2.05, 4.69) is 9.72 Å². The fourth-order valence-electron chi connectivity index (χ4n) is 2.63. The van der Waals surface area contributed by atoms with E-state index in [9.17, 15) is 4.79 Å². The molecule has 0 fully saturated rings. The Hall–Kier alpha value is -3.06. The lowest BCUT2D eigenvalue weighted by Gasteiger charge is -2.15. The summed E-state index contributed by atoms with van der Waals surface area (Å²) < 4.78 is 16.1. The first kappa shape index (κ1) is 18.7. The highest BCUT2D eigenvalue weighted by Crippen LogP contribution is 2.20. The first-order chi connectivity index (χ1) is 13.1. The minimum Gasteiger partial charge on any atom is -0.492 e. The fraction of sp³-hybridized carbons (Fsp3) is 0.300. The van der Waals surface area contributed by atoms with Crippen molar-refractivity contribution in [2.24, 2.45) is 5.73 Å². The molecule has 0 saturated carbocycles.